The Kier molecular flexibility index (Phi) is 9.28. The fourth-order valence-corrected chi connectivity index (χ4v) is 4.93. The molecule has 2 saturated heterocycles. The predicted octanol–water partition coefficient (Wildman–Crippen LogP) is 0.827. The van der Waals surface area contributed by atoms with Crippen LogP contribution in [0.15, 0.2) is 36.7 Å². The van der Waals surface area contributed by atoms with Crippen LogP contribution in [-0.2, 0) is 20.8 Å². The maximum Gasteiger partial charge on any atom is 0.409 e. The number of hydrogen-bond acceptors (Lipinski definition) is 11. The van der Waals surface area contributed by atoms with Gasteiger partial charge >= 0.3 is 6.09 Å². The summed E-state index contributed by atoms with van der Waals surface area (Å²) in [6, 6.07) is 9.82. The molecular formula is C28H34N6O7. The molecule has 0 spiro atoms. The van der Waals surface area contributed by atoms with Crippen molar-refractivity contribution in [3.8, 4) is 11.8 Å². The van der Waals surface area contributed by atoms with Gasteiger partial charge in [-0.15, -0.1) is 0 Å². The van der Waals surface area contributed by atoms with E-state index in [9.17, 15) is 20.1 Å². The molecule has 4 atom stereocenters. The van der Waals surface area contributed by atoms with Gasteiger partial charge in [0.1, 0.15) is 30.4 Å². The number of nitrogens with zero attached hydrogens (tertiary/aromatic N) is 5. The summed E-state index contributed by atoms with van der Waals surface area (Å²) in [6.07, 6.45) is -1.21. The Balaban J connectivity index is 1.09. The molecular weight excluding hydrogens is 532 g/mol. The van der Waals surface area contributed by atoms with Crippen LogP contribution < -0.4 is 5.73 Å². The third kappa shape index (κ3) is 6.75. The number of fused-ring (bicyclic) bond motifs is 1. The number of aliphatic hydroxyl groups is 3. The number of hydrogen-bond donors (Lipinski definition) is 4. The number of nitrogen functional groups attached to an aromatic ring is 1. The monoisotopic (exact) mass is 566 g/mol. The molecule has 4 heterocycles. The van der Waals surface area contributed by atoms with Crippen LogP contribution in [0.4, 0.5) is 10.6 Å². The van der Waals surface area contributed by atoms with E-state index < -0.39 is 31.1 Å². The van der Waals surface area contributed by atoms with Crippen LogP contribution in [-0.4, -0.2) is 97.1 Å². The zero-order valence-electron chi connectivity index (χ0n) is 22.5. The Bertz CT molecular complexity index is 1380. The lowest BCUT2D eigenvalue weighted by Crippen LogP contribution is -2.39. The molecule has 218 valence electrons. The first kappa shape index (κ1) is 28.7. The molecule has 0 aliphatic carbocycles. The minimum absolute atomic E-state index is 0.127. The van der Waals surface area contributed by atoms with Crippen LogP contribution in [0.3, 0.4) is 0 Å². The molecule has 13 heteroatoms. The van der Waals surface area contributed by atoms with Gasteiger partial charge < -0.3 is 40.2 Å². The molecule has 41 heavy (non-hydrogen) atoms. The maximum absolute atomic E-state index is 12.4. The third-order valence-electron chi connectivity index (χ3n) is 7.27. The number of nitrogens with two attached hydrogens (primary N) is 1. The van der Waals surface area contributed by atoms with Crippen molar-refractivity contribution in [2.45, 2.75) is 50.4 Å². The van der Waals surface area contributed by atoms with E-state index in [1.54, 1.807) is 4.90 Å². The normalized spacial score (nSPS) is 23.0. The summed E-state index contributed by atoms with van der Waals surface area (Å²) in [4.78, 5) is 27.0. The van der Waals surface area contributed by atoms with Crippen LogP contribution in [0.1, 0.15) is 36.9 Å². The quantitative estimate of drug-likeness (QED) is 0.224. The van der Waals surface area contributed by atoms with Crippen LogP contribution in [0.2, 0.25) is 0 Å². The highest BCUT2D eigenvalue weighted by Gasteiger charge is 2.44. The number of amides is 1. The summed E-state index contributed by atoms with van der Waals surface area (Å²) in [5, 5.41) is 29.9. The first-order valence-corrected chi connectivity index (χ1v) is 13.6. The lowest BCUT2D eigenvalue weighted by Gasteiger charge is -2.30. The fraction of sp³-hybridized carbons (Fsp3) is 0.500. The second-order valence-corrected chi connectivity index (χ2v) is 10.1. The van der Waals surface area contributed by atoms with Crippen molar-refractivity contribution in [2.24, 2.45) is 5.92 Å². The Morgan fingerprint density at radius 2 is 1.90 bits per heavy atom. The molecule has 1 unspecified atom stereocenters. The summed E-state index contributed by atoms with van der Waals surface area (Å²) in [6.45, 7) is 1.76. The van der Waals surface area contributed by atoms with Gasteiger partial charge in [0, 0.05) is 19.5 Å². The molecule has 13 nitrogen and oxygen atoms in total. The molecule has 5 N–H and O–H groups in total. The molecule has 3 aromatic rings. The molecule has 2 aromatic heterocycles. The van der Waals surface area contributed by atoms with E-state index >= 15 is 0 Å². The van der Waals surface area contributed by atoms with Gasteiger partial charge in [0.25, 0.3) is 0 Å². The largest absolute Gasteiger partial charge is 0.447 e. The predicted molar refractivity (Wildman–Crippen MR) is 146 cm³/mol. The van der Waals surface area contributed by atoms with Crippen molar-refractivity contribution >= 4 is 23.1 Å². The van der Waals surface area contributed by atoms with Crippen LogP contribution in [0.5, 0.6) is 0 Å². The topological polar surface area (TPSA) is 178 Å². The number of piperidine rings is 1. The number of rotatable bonds is 8. The van der Waals surface area contributed by atoms with Gasteiger partial charge in [0.15, 0.2) is 17.7 Å². The zero-order valence-corrected chi connectivity index (χ0v) is 22.5. The highest BCUT2D eigenvalue weighted by Crippen LogP contribution is 2.32. The van der Waals surface area contributed by atoms with Crippen molar-refractivity contribution in [3.05, 3.63) is 48.0 Å². The average Bonchev–Trinajstić information content (AvgIpc) is 3.54. The molecule has 2 fully saturated rings. The molecule has 0 radical (unpaired) electrons. The minimum atomic E-state index is -1.29. The van der Waals surface area contributed by atoms with Gasteiger partial charge in [-0.05, 0) is 30.2 Å². The Morgan fingerprint density at radius 3 is 2.63 bits per heavy atom. The van der Waals surface area contributed by atoms with Gasteiger partial charge in [-0.2, -0.15) is 0 Å². The van der Waals surface area contributed by atoms with Crippen molar-refractivity contribution in [1.82, 2.24) is 24.4 Å². The number of benzene rings is 1. The van der Waals surface area contributed by atoms with E-state index in [1.165, 1.54) is 10.9 Å². The van der Waals surface area contributed by atoms with Crippen LogP contribution >= 0.6 is 0 Å². The van der Waals surface area contributed by atoms with Crippen LogP contribution in [0, 0.1) is 17.8 Å². The number of aromatic nitrogens is 4. The summed E-state index contributed by atoms with van der Waals surface area (Å²) in [5.74, 6) is 6.70. The number of ether oxygens (including phenoxy) is 3. The lowest BCUT2D eigenvalue weighted by molar-refractivity contribution is -0.0511. The Hall–Kier alpha value is -3.80. The Morgan fingerprint density at radius 1 is 1.12 bits per heavy atom. The number of anilines is 1. The van der Waals surface area contributed by atoms with Crippen molar-refractivity contribution in [1.29, 1.82) is 0 Å². The minimum Gasteiger partial charge on any atom is -0.447 e. The smallest absolute Gasteiger partial charge is 0.409 e. The van der Waals surface area contributed by atoms with Crippen molar-refractivity contribution in [2.75, 3.05) is 38.6 Å². The number of likely N-dealkylation sites (tertiary alicyclic amines) is 1. The van der Waals surface area contributed by atoms with Gasteiger partial charge in [0.05, 0.1) is 26.1 Å². The number of carbonyl (C=O) groups excluding carboxylic acids is 1. The van der Waals surface area contributed by atoms with E-state index in [2.05, 4.69) is 26.8 Å². The Labute approximate surface area is 236 Å². The molecule has 0 saturated carbocycles. The third-order valence-corrected chi connectivity index (χ3v) is 7.27. The SMILES string of the molecule is Nc1nc(C#CCC2CCN(C(=O)OCCOCc3ccccc3)CC2)nc2c1ncn2[C@@H]1O[C@H](CO)[C@H](O)C1O. The van der Waals surface area contributed by atoms with Crippen molar-refractivity contribution < 1.29 is 34.3 Å². The first-order chi connectivity index (χ1) is 19.9. The van der Waals surface area contributed by atoms with Crippen LogP contribution in [0.25, 0.3) is 11.2 Å². The number of imidazole rings is 1. The second kappa shape index (κ2) is 13.2. The number of carbonyl (C=O) groups is 1. The second-order valence-electron chi connectivity index (χ2n) is 10.1. The van der Waals surface area contributed by atoms with E-state index in [0.29, 0.717) is 49.8 Å². The van der Waals surface area contributed by atoms with Gasteiger partial charge in [-0.3, -0.25) is 4.57 Å². The molecule has 0 bridgehead atoms. The summed E-state index contributed by atoms with van der Waals surface area (Å²) >= 11 is 0. The summed E-state index contributed by atoms with van der Waals surface area (Å²) < 4.78 is 18.0. The highest BCUT2D eigenvalue weighted by molar-refractivity contribution is 5.82. The number of aliphatic hydroxyl groups excluding tert-OH is 3. The van der Waals surface area contributed by atoms with E-state index in [1.807, 2.05) is 30.3 Å². The van der Waals surface area contributed by atoms with Crippen molar-refractivity contribution in [3.63, 3.8) is 0 Å². The van der Waals surface area contributed by atoms with E-state index in [-0.39, 0.29) is 24.3 Å². The molecule has 2 aliphatic rings. The summed E-state index contributed by atoms with van der Waals surface area (Å²) in [7, 11) is 0. The fourth-order valence-electron chi connectivity index (χ4n) is 4.93. The standard InChI is InChI=1S/C28H34N6O7/c29-25-22-26(34(17-30-22)27-24(37)23(36)20(15-35)41-27)32-21(31-25)8-4-7-18-9-11-33(12-10-18)28(38)40-14-13-39-16-19-5-2-1-3-6-19/h1-3,5-6,17-18,20,23-24,27,35-37H,7,9-16H2,(H2,29,31,32)/t20-,23+,24?,27-/m1/s1. The average molecular weight is 567 g/mol. The molecule has 5 rings (SSSR count). The van der Waals surface area contributed by atoms with E-state index in [4.69, 9.17) is 19.9 Å². The van der Waals surface area contributed by atoms with Gasteiger partial charge in [-0.25, -0.2) is 19.7 Å². The molecule has 2 aliphatic heterocycles. The molecule has 1 aromatic carbocycles. The summed E-state index contributed by atoms with van der Waals surface area (Å²) in [5.41, 5.74) is 7.76. The zero-order chi connectivity index (χ0) is 28.8. The van der Waals surface area contributed by atoms with E-state index in [0.717, 1.165) is 18.4 Å². The lowest BCUT2D eigenvalue weighted by atomic mass is 9.94. The van der Waals surface area contributed by atoms with Gasteiger partial charge in [0.2, 0.25) is 5.82 Å². The van der Waals surface area contributed by atoms with Gasteiger partial charge in [-0.1, -0.05) is 36.3 Å². The maximum atomic E-state index is 12.4. The highest BCUT2D eigenvalue weighted by atomic mass is 16.6. The molecule has 1 amide bonds. The first-order valence-electron chi connectivity index (χ1n) is 13.6.